The summed E-state index contributed by atoms with van der Waals surface area (Å²) in [6, 6.07) is 4.59. The van der Waals surface area contributed by atoms with Gasteiger partial charge in [-0.15, -0.1) is 0 Å². The maximum Gasteiger partial charge on any atom is 0.327 e. The van der Waals surface area contributed by atoms with Crippen LogP contribution in [-0.2, 0) is 19.1 Å². The predicted octanol–water partition coefficient (Wildman–Crippen LogP) is 2.44. The van der Waals surface area contributed by atoms with Crippen molar-refractivity contribution in [3.63, 3.8) is 0 Å². The fraction of sp³-hybridized carbons (Fsp3) is 0.500. The lowest BCUT2D eigenvalue weighted by Crippen LogP contribution is -2.44. The molecule has 4 amide bonds. The average molecular weight is 407 g/mol. The Balaban J connectivity index is 1.91. The summed E-state index contributed by atoms with van der Waals surface area (Å²) in [6.45, 7) is 6.38. The number of nitrogens with one attached hydrogen (secondary N) is 2. The largest absolute Gasteiger partial charge is 0.451 e. The molecule has 0 bridgehead atoms. The zero-order chi connectivity index (χ0) is 21.8. The Hall–Kier alpha value is -2.97. The third kappa shape index (κ3) is 5.75. The van der Waals surface area contributed by atoms with Crippen LogP contribution >= 0.6 is 0 Å². The number of benzene rings is 1. The molecule has 0 radical (unpaired) electrons. The molecule has 0 unspecified atom stereocenters. The maximum absolute atomic E-state index is 13.2. The van der Waals surface area contributed by atoms with Gasteiger partial charge in [-0.25, -0.2) is 9.18 Å². The van der Waals surface area contributed by atoms with Crippen LogP contribution in [0.3, 0.4) is 0 Å². The summed E-state index contributed by atoms with van der Waals surface area (Å²) < 4.78 is 18.2. The molecule has 1 aliphatic rings. The molecule has 0 aliphatic carbocycles. The highest BCUT2D eigenvalue weighted by Gasteiger charge is 2.48. The molecule has 1 aliphatic heterocycles. The highest BCUT2D eigenvalue weighted by molar-refractivity contribution is 6.08. The number of carbonyl (C=O) groups excluding carboxylic acids is 4. The van der Waals surface area contributed by atoms with Gasteiger partial charge >= 0.3 is 12.0 Å². The van der Waals surface area contributed by atoms with E-state index in [1.807, 2.05) is 13.8 Å². The molecule has 2 N–H and O–H groups in total. The van der Waals surface area contributed by atoms with Crippen LogP contribution in [0.4, 0.5) is 14.9 Å². The van der Waals surface area contributed by atoms with Gasteiger partial charge in [-0.3, -0.25) is 19.3 Å². The quantitative estimate of drug-likeness (QED) is 0.509. The van der Waals surface area contributed by atoms with Gasteiger partial charge in [-0.2, -0.15) is 0 Å². The van der Waals surface area contributed by atoms with Gasteiger partial charge in [0.2, 0.25) is 0 Å². The molecule has 1 aromatic rings. The van der Waals surface area contributed by atoms with Crippen LogP contribution in [0.5, 0.6) is 0 Å². The number of urea groups is 1. The first-order valence-electron chi connectivity index (χ1n) is 9.42. The fourth-order valence-electron chi connectivity index (χ4n) is 2.86. The summed E-state index contributed by atoms with van der Waals surface area (Å²) in [5.41, 5.74) is -0.852. The minimum Gasteiger partial charge on any atom is -0.451 e. The first kappa shape index (κ1) is 22.3. The molecule has 29 heavy (non-hydrogen) atoms. The van der Waals surface area contributed by atoms with Crippen molar-refractivity contribution in [1.82, 2.24) is 10.2 Å². The van der Waals surface area contributed by atoms with Crippen LogP contribution in [0.15, 0.2) is 24.3 Å². The van der Waals surface area contributed by atoms with E-state index in [0.717, 1.165) is 17.4 Å². The van der Waals surface area contributed by atoms with E-state index in [1.54, 1.807) is 6.92 Å². The minimum atomic E-state index is -1.20. The Kier molecular flexibility index (Phi) is 6.94. The van der Waals surface area contributed by atoms with E-state index < -0.39 is 47.8 Å². The minimum absolute atomic E-state index is 0.216. The first-order valence-corrected chi connectivity index (χ1v) is 9.42. The SMILES string of the molecule is CC(C)CC[C@@]1(C)NC(=O)N(CC(=O)O[C@@H](C)C(=O)Nc2cccc(F)c2)C1=O. The molecule has 1 fully saturated rings. The van der Waals surface area contributed by atoms with E-state index in [9.17, 15) is 23.6 Å². The molecule has 8 nitrogen and oxygen atoms in total. The molecule has 0 saturated carbocycles. The zero-order valence-electron chi connectivity index (χ0n) is 17.0. The Labute approximate surface area is 168 Å². The van der Waals surface area contributed by atoms with E-state index in [4.69, 9.17) is 4.74 Å². The molecule has 2 atom stereocenters. The van der Waals surface area contributed by atoms with Gasteiger partial charge in [0.1, 0.15) is 17.9 Å². The molecule has 0 spiro atoms. The second-order valence-corrected chi connectivity index (χ2v) is 7.72. The molecule has 158 valence electrons. The molecule has 1 aromatic carbocycles. The van der Waals surface area contributed by atoms with Gasteiger partial charge in [-0.1, -0.05) is 19.9 Å². The Morgan fingerprint density at radius 2 is 1.97 bits per heavy atom. The summed E-state index contributed by atoms with van der Waals surface area (Å²) in [5, 5.41) is 5.04. The lowest BCUT2D eigenvalue weighted by molar-refractivity contribution is -0.155. The number of hydrogen-bond acceptors (Lipinski definition) is 5. The van der Waals surface area contributed by atoms with Crippen molar-refractivity contribution < 1.29 is 28.3 Å². The van der Waals surface area contributed by atoms with Crippen molar-refractivity contribution in [2.45, 2.75) is 52.2 Å². The number of hydrogen-bond donors (Lipinski definition) is 2. The first-order chi connectivity index (χ1) is 13.5. The number of rotatable bonds is 8. The molecule has 9 heteroatoms. The third-order valence-electron chi connectivity index (χ3n) is 4.62. The van der Waals surface area contributed by atoms with Crippen LogP contribution in [0.25, 0.3) is 0 Å². The average Bonchev–Trinajstić information content (AvgIpc) is 2.83. The molecular formula is C20H26FN3O5. The van der Waals surface area contributed by atoms with Gasteiger partial charge in [0.25, 0.3) is 11.8 Å². The Bertz CT molecular complexity index is 813. The Morgan fingerprint density at radius 1 is 1.28 bits per heavy atom. The standard InChI is InChI=1S/C20H26FN3O5/c1-12(2)8-9-20(4)18(27)24(19(28)23-20)11-16(25)29-13(3)17(26)22-15-7-5-6-14(21)10-15/h5-7,10,12-13H,8-9,11H2,1-4H3,(H,22,26)(H,23,28)/t13-,20+/m0/s1. The summed E-state index contributed by atoms with van der Waals surface area (Å²) in [4.78, 5) is 49.8. The van der Waals surface area contributed by atoms with Crippen LogP contribution in [0.1, 0.15) is 40.5 Å². The molecule has 1 heterocycles. The molecule has 0 aromatic heterocycles. The number of ether oxygens (including phenoxy) is 1. The predicted molar refractivity (Wildman–Crippen MR) is 103 cm³/mol. The van der Waals surface area contributed by atoms with Crippen LogP contribution in [-0.4, -0.2) is 46.9 Å². The van der Waals surface area contributed by atoms with Crippen LogP contribution in [0, 0.1) is 11.7 Å². The molecule has 1 saturated heterocycles. The van der Waals surface area contributed by atoms with Gasteiger partial charge in [0, 0.05) is 5.69 Å². The van der Waals surface area contributed by atoms with E-state index in [2.05, 4.69) is 10.6 Å². The number of nitrogens with zero attached hydrogens (tertiary/aromatic N) is 1. The fourth-order valence-corrected chi connectivity index (χ4v) is 2.86. The van der Waals surface area contributed by atoms with Gasteiger partial charge in [0.05, 0.1) is 0 Å². The van der Waals surface area contributed by atoms with E-state index in [1.165, 1.54) is 25.1 Å². The van der Waals surface area contributed by atoms with Crippen molar-refractivity contribution in [3.05, 3.63) is 30.1 Å². The zero-order valence-corrected chi connectivity index (χ0v) is 17.0. The van der Waals surface area contributed by atoms with Gasteiger partial charge in [-0.05, 0) is 50.8 Å². The van der Waals surface area contributed by atoms with Gasteiger partial charge < -0.3 is 15.4 Å². The smallest absolute Gasteiger partial charge is 0.327 e. The highest BCUT2D eigenvalue weighted by Crippen LogP contribution is 2.24. The number of amides is 4. The van der Waals surface area contributed by atoms with Crippen molar-refractivity contribution >= 4 is 29.5 Å². The third-order valence-corrected chi connectivity index (χ3v) is 4.62. The van der Waals surface area contributed by atoms with Crippen molar-refractivity contribution in [2.75, 3.05) is 11.9 Å². The summed E-state index contributed by atoms with van der Waals surface area (Å²) in [6.07, 6.45) is -0.00966. The monoisotopic (exact) mass is 407 g/mol. The number of anilines is 1. The van der Waals surface area contributed by atoms with E-state index in [-0.39, 0.29) is 5.69 Å². The van der Waals surface area contributed by atoms with E-state index >= 15 is 0 Å². The van der Waals surface area contributed by atoms with Crippen molar-refractivity contribution in [1.29, 1.82) is 0 Å². The molecular weight excluding hydrogens is 381 g/mol. The number of carbonyl (C=O) groups is 4. The van der Waals surface area contributed by atoms with E-state index in [0.29, 0.717) is 12.3 Å². The lowest BCUT2D eigenvalue weighted by Gasteiger charge is -2.22. The summed E-state index contributed by atoms with van der Waals surface area (Å²) >= 11 is 0. The summed E-state index contributed by atoms with van der Waals surface area (Å²) in [7, 11) is 0. The number of halogens is 1. The maximum atomic E-state index is 13.2. The number of esters is 1. The summed E-state index contributed by atoms with van der Waals surface area (Å²) in [5.74, 6) is -2.23. The normalized spacial score (nSPS) is 19.9. The molecule has 2 rings (SSSR count). The van der Waals surface area contributed by atoms with Crippen LogP contribution in [0.2, 0.25) is 0 Å². The Morgan fingerprint density at radius 3 is 2.59 bits per heavy atom. The van der Waals surface area contributed by atoms with Gasteiger partial charge in [0.15, 0.2) is 6.10 Å². The van der Waals surface area contributed by atoms with Crippen molar-refractivity contribution in [2.24, 2.45) is 5.92 Å². The highest BCUT2D eigenvalue weighted by atomic mass is 19.1. The topological polar surface area (TPSA) is 105 Å². The van der Waals surface area contributed by atoms with Crippen LogP contribution < -0.4 is 10.6 Å². The second kappa shape index (κ2) is 9.02. The number of imide groups is 1. The lowest BCUT2D eigenvalue weighted by atomic mass is 9.92. The van der Waals surface area contributed by atoms with Crippen molar-refractivity contribution in [3.8, 4) is 0 Å². The second-order valence-electron chi connectivity index (χ2n) is 7.72.